The maximum Gasteiger partial charge on any atom is 0.241 e. The van der Waals surface area contributed by atoms with Crippen LogP contribution >= 0.6 is 23.2 Å². The molecular formula is C19H21Cl2N3O3. The van der Waals surface area contributed by atoms with Gasteiger partial charge in [-0.25, -0.2) is 0 Å². The van der Waals surface area contributed by atoms with Crippen LogP contribution in [0.2, 0.25) is 10.0 Å². The Morgan fingerprint density at radius 1 is 1.11 bits per heavy atom. The maximum absolute atomic E-state index is 12.4. The van der Waals surface area contributed by atoms with Crippen LogP contribution in [-0.4, -0.2) is 43.5 Å². The van der Waals surface area contributed by atoms with Gasteiger partial charge >= 0.3 is 0 Å². The van der Waals surface area contributed by atoms with Gasteiger partial charge in [-0.05, 0) is 56.4 Å². The number of nitrogens with one attached hydrogen (secondary N) is 2. The maximum atomic E-state index is 12.4. The van der Waals surface area contributed by atoms with Crippen LogP contribution < -0.4 is 15.4 Å². The molecule has 0 aliphatic carbocycles. The normalized spacial score (nSPS) is 11.8. The summed E-state index contributed by atoms with van der Waals surface area (Å²) in [6, 6.07) is 11.3. The number of carbonyl (C=O) groups excluding carboxylic acids is 2. The summed E-state index contributed by atoms with van der Waals surface area (Å²) in [4.78, 5) is 26.3. The SMILES string of the molecule is COc1ccc(NC(=O)CN(C)[C@H](C)C(=O)Nc2cc(Cl)ccc2Cl)cc1. The number of amides is 2. The van der Waals surface area contributed by atoms with E-state index in [1.807, 2.05) is 0 Å². The lowest BCUT2D eigenvalue weighted by Gasteiger charge is -2.23. The highest BCUT2D eigenvalue weighted by molar-refractivity contribution is 6.35. The molecule has 2 aromatic carbocycles. The zero-order valence-corrected chi connectivity index (χ0v) is 16.8. The fourth-order valence-electron chi connectivity index (χ4n) is 2.27. The molecule has 2 amide bonds. The van der Waals surface area contributed by atoms with Crippen molar-refractivity contribution in [3.05, 3.63) is 52.5 Å². The Morgan fingerprint density at radius 3 is 2.41 bits per heavy atom. The third-order valence-electron chi connectivity index (χ3n) is 3.99. The van der Waals surface area contributed by atoms with Gasteiger partial charge in [-0.15, -0.1) is 0 Å². The van der Waals surface area contributed by atoms with Gasteiger partial charge < -0.3 is 15.4 Å². The van der Waals surface area contributed by atoms with Gasteiger partial charge in [-0.3, -0.25) is 14.5 Å². The number of anilines is 2. The molecule has 0 unspecified atom stereocenters. The van der Waals surface area contributed by atoms with E-state index in [-0.39, 0.29) is 18.4 Å². The number of ether oxygens (including phenoxy) is 1. The van der Waals surface area contributed by atoms with E-state index < -0.39 is 6.04 Å². The molecule has 0 bridgehead atoms. The predicted octanol–water partition coefficient (Wildman–Crippen LogP) is 3.90. The molecule has 0 aliphatic rings. The summed E-state index contributed by atoms with van der Waals surface area (Å²) < 4.78 is 5.08. The van der Waals surface area contributed by atoms with E-state index in [0.29, 0.717) is 27.2 Å². The molecular weight excluding hydrogens is 389 g/mol. The zero-order valence-electron chi connectivity index (χ0n) is 15.3. The first-order chi connectivity index (χ1) is 12.8. The lowest BCUT2D eigenvalue weighted by molar-refractivity contribution is -0.122. The van der Waals surface area contributed by atoms with Crippen molar-refractivity contribution in [2.75, 3.05) is 31.3 Å². The quantitative estimate of drug-likeness (QED) is 0.727. The average molecular weight is 410 g/mol. The molecule has 144 valence electrons. The molecule has 0 aromatic heterocycles. The molecule has 0 heterocycles. The summed E-state index contributed by atoms with van der Waals surface area (Å²) in [5, 5.41) is 6.36. The minimum Gasteiger partial charge on any atom is -0.497 e. The van der Waals surface area contributed by atoms with E-state index in [1.54, 1.807) is 68.4 Å². The van der Waals surface area contributed by atoms with Gasteiger partial charge in [0.2, 0.25) is 11.8 Å². The molecule has 6 nitrogen and oxygen atoms in total. The smallest absolute Gasteiger partial charge is 0.241 e. The molecule has 0 saturated heterocycles. The van der Waals surface area contributed by atoms with Gasteiger partial charge in [0.05, 0.1) is 30.4 Å². The summed E-state index contributed by atoms with van der Waals surface area (Å²) >= 11 is 12.0. The topological polar surface area (TPSA) is 70.7 Å². The van der Waals surface area contributed by atoms with Crippen molar-refractivity contribution < 1.29 is 14.3 Å². The minimum atomic E-state index is -0.554. The van der Waals surface area contributed by atoms with Crippen LogP contribution in [0.15, 0.2) is 42.5 Å². The second-order valence-corrected chi connectivity index (χ2v) is 6.82. The number of halogens is 2. The highest BCUT2D eigenvalue weighted by Gasteiger charge is 2.21. The van der Waals surface area contributed by atoms with E-state index in [1.165, 1.54) is 0 Å². The van der Waals surface area contributed by atoms with Crippen LogP contribution in [0, 0.1) is 0 Å². The van der Waals surface area contributed by atoms with Gasteiger partial charge in [-0.1, -0.05) is 23.2 Å². The fraction of sp³-hybridized carbons (Fsp3) is 0.263. The Balaban J connectivity index is 1.91. The fourth-order valence-corrected chi connectivity index (χ4v) is 2.61. The highest BCUT2D eigenvalue weighted by Crippen LogP contribution is 2.25. The molecule has 0 aliphatic heterocycles. The first kappa shape index (κ1) is 21.0. The average Bonchev–Trinajstić information content (AvgIpc) is 2.64. The second kappa shape index (κ2) is 9.60. The number of methoxy groups -OCH3 is 1. The molecule has 27 heavy (non-hydrogen) atoms. The van der Waals surface area contributed by atoms with Crippen molar-refractivity contribution in [2.45, 2.75) is 13.0 Å². The minimum absolute atomic E-state index is 0.0455. The molecule has 8 heteroatoms. The first-order valence-corrected chi connectivity index (χ1v) is 8.96. The number of rotatable bonds is 7. The standard InChI is InChI=1S/C19H21Cl2N3O3/c1-12(19(26)23-17-10-13(20)4-9-16(17)21)24(2)11-18(25)22-14-5-7-15(27-3)8-6-14/h4-10,12H,11H2,1-3H3,(H,22,25)(H,23,26)/t12-/m1/s1. The van der Waals surface area contributed by atoms with Gasteiger partial charge in [0, 0.05) is 10.7 Å². The number of nitrogens with zero attached hydrogens (tertiary/aromatic N) is 1. The monoisotopic (exact) mass is 409 g/mol. The number of hydrogen-bond donors (Lipinski definition) is 2. The molecule has 0 fully saturated rings. The second-order valence-electron chi connectivity index (χ2n) is 5.98. The van der Waals surface area contributed by atoms with Crippen LogP contribution in [0.25, 0.3) is 0 Å². The van der Waals surface area contributed by atoms with Crippen LogP contribution in [0.1, 0.15) is 6.92 Å². The highest BCUT2D eigenvalue weighted by atomic mass is 35.5. The molecule has 2 N–H and O–H groups in total. The van der Waals surface area contributed by atoms with Crippen molar-refractivity contribution in [3.63, 3.8) is 0 Å². The molecule has 2 rings (SSSR count). The summed E-state index contributed by atoms with van der Waals surface area (Å²) in [6.07, 6.45) is 0. The summed E-state index contributed by atoms with van der Waals surface area (Å²) in [7, 11) is 3.27. The Labute approximate surface area is 168 Å². The number of carbonyl (C=O) groups is 2. The van der Waals surface area contributed by atoms with Crippen LogP contribution in [-0.2, 0) is 9.59 Å². The van der Waals surface area contributed by atoms with Crippen LogP contribution in [0.4, 0.5) is 11.4 Å². The molecule has 1 atom stereocenters. The van der Waals surface area contributed by atoms with Crippen molar-refractivity contribution in [1.82, 2.24) is 4.90 Å². The first-order valence-electron chi connectivity index (χ1n) is 8.20. The van der Waals surface area contributed by atoms with E-state index in [0.717, 1.165) is 0 Å². The zero-order chi connectivity index (χ0) is 20.0. The summed E-state index contributed by atoms with van der Waals surface area (Å²) in [5.41, 5.74) is 1.08. The summed E-state index contributed by atoms with van der Waals surface area (Å²) in [5.74, 6) is 0.178. The number of likely N-dealkylation sites (N-methyl/N-ethyl adjacent to an activating group) is 1. The van der Waals surface area contributed by atoms with Crippen molar-refractivity contribution in [2.24, 2.45) is 0 Å². The Bertz CT molecular complexity index is 812. The van der Waals surface area contributed by atoms with E-state index in [4.69, 9.17) is 27.9 Å². The van der Waals surface area contributed by atoms with Crippen molar-refractivity contribution in [1.29, 1.82) is 0 Å². The van der Waals surface area contributed by atoms with E-state index in [2.05, 4.69) is 10.6 Å². The largest absolute Gasteiger partial charge is 0.497 e. The molecule has 0 radical (unpaired) electrons. The van der Waals surface area contributed by atoms with Gasteiger partial charge in [0.25, 0.3) is 0 Å². The van der Waals surface area contributed by atoms with Crippen LogP contribution in [0.5, 0.6) is 5.75 Å². The van der Waals surface area contributed by atoms with Crippen molar-refractivity contribution >= 4 is 46.4 Å². The van der Waals surface area contributed by atoms with Crippen LogP contribution in [0.3, 0.4) is 0 Å². The lowest BCUT2D eigenvalue weighted by atomic mass is 10.2. The molecule has 0 saturated carbocycles. The Morgan fingerprint density at radius 2 is 1.78 bits per heavy atom. The van der Waals surface area contributed by atoms with Gasteiger partial charge in [0.15, 0.2) is 0 Å². The van der Waals surface area contributed by atoms with Gasteiger partial charge in [0.1, 0.15) is 5.75 Å². The Kier molecular flexibility index (Phi) is 7.47. The Hall–Kier alpha value is -2.28. The number of benzene rings is 2. The van der Waals surface area contributed by atoms with Gasteiger partial charge in [-0.2, -0.15) is 0 Å². The van der Waals surface area contributed by atoms with Crippen molar-refractivity contribution in [3.8, 4) is 5.75 Å². The molecule has 0 spiro atoms. The van der Waals surface area contributed by atoms with E-state index >= 15 is 0 Å². The predicted molar refractivity (Wildman–Crippen MR) is 109 cm³/mol. The van der Waals surface area contributed by atoms with E-state index in [9.17, 15) is 9.59 Å². The number of hydrogen-bond acceptors (Lipinski definition) is 4. The third-order valence-corrected chi connectivity index (χ3v) is 4.56. The summed E-state index contributed by atoms with van der Waals surface area (Å²) in [6.45, 7) is 1.75. The third kappa shape index (κ3) is 6.13. The molecule has 2 aromatic rings. The lowest BCUT2D eigenvalue weighted by Crippen LogP contribution is -2.43.